The van der Waals surface area contributed by atoms with E-state index in [9.17, 15) is 28.8 Å². The van der Waals surface area contributed by atoms with Gasteiger partial charge in [0.2, 0.25) is 29.5 Å². The lowest BCUT2D eigenvalue weighted by Crippen LogP contribution is -2.36. The van der Waals surface area contributed by atoms with E-state index in [0.717, 1.165) is 56.9 Å². The van der Waals surface area contributed by atoms with Crippen LogP contribution in [0.15, 0.2) is 24.3 Å². The molecular weight excluding hydrogens is 696 g/mol. The van der Waals surface area contributed by atoms with E-state index >= 15 is 0 Å². The molecule has 4 rings (SSSR count). The highest BCUT2D eigenvalue weighted by molar-refractivity contribution is 6.04. The van der Waals surface area contributed by atoms with Crippen molar-refractivity contribution in [3.05, 3.63) is 29.8 Å². The summed E-state index contributed by atoms with van der Waals surface area (Å²) in [5, 5.41) is 8.45. The SMILES string of the molecule is O=C(CCc1ccc(NC(=O)CCOCCOCCOCCOCCNC(=O)CCN2C(=O)CC(C3CCCC3)C2=O)cc1)NCCC(=O)C1CCCC1. The second-order valence-corrected chi connectivity index (χ2v) is 14.3. The highest BCUT2D eigenvalue weighted by Gasteiger charge is 2.43. The molecule has 1 aromatic rings. The van der Waals surface area contributed by atoms with E-state index in [1.807, 2.05) is 24.3 Å². The monoisotopic (exact) mass is 756 g/mol. The molecule has 1 unspecified atom stereocenters. The number of likely N-dealkylation sites (tertiary alicyclic amines) is 1. The molecular formula is C40H60N4O10. The number of ketones is 1. The molecule has 0 radical (unpaired) electrons. The molecule has 14 heteroatoms. The summed E-state index contributed by atoms with van der Waals surface area (Å²) in [5.74, 6) is -0.167. The van der Waals surface area contributed by atoms with Crippen LogP contribution in [0.3, 0.4) is 0 Å². The Balaban J connectivity index is 0.881. The lowest BCUT2D eigenvalue weighted by Gasteiger charge is -2.17. The molecule has 1 heterocycles. The minimum absolute atomic E-state index is 0.0670. The Bertz CT molecular complexity index is 1340. The Morgan fingerprint density at radius 1 is 0.630 bits per heavy atom. The van der Waals surface area contributed by atoms with Crippen molar-refractivity contribution in [2.24, 2.45) is 17.8 Å². The van der Waals surface area contributed by atoms with E-state index in [2.05, 4.69) is 16.0 Å². The number of imide groups is 1. The van der Waals surface area contributed by atoms with Gasteiger partial charge in [-0.05, 0) is 55.7 Å². The topological polar surface area (TPSA) is 179 Å². The van der Waals surface area contributed by atoms with Gasteiger partial charge in [-0.3, -0.25) is 33.7 Å². The van der Waals surface area contributed by atoms with E-state index in [0.29, 0.717) is 90.2 Å². The summed E-state index contributed by atoms with van der Waals surface area (Å²) in [6.07, 6.45) is 10.4. The second-order valence-electron chi connectivity index (χ2n) is 14.3. The van der Waals surface area contributed by atoms with Crippen molar-refractivity contribution in [1.82, 2.24) is 15.5 Å². The van der Waals surface area contributed by atoms with E-state index in [4.69, 9.17) is 18.9 Å². The van der Waals surface area contributed by atoms with Gasteiger partial charge < -0.3 is 34.9 Å². The Morgan fingerprint density at radius 2 is 1.20 bits per heavy atom. The number of Topliss-reactive ketones (excluding diaryl/α,β-unsaturated/α-hetero) is 1. The molecule has 2 saturated carbocycles. The van der Waals surface area contributed by atoms with Gasteiger partial charge >= 0.3 is 0 Å². The lowest BCUT2D eigenvalue weighted by atomic mass is 9.89. The summed E-state index contributed by atoms with van der Waals surface area (Å²) in [7, 11) is 0. The number of amides is 5. The molecule has 1 atom stereocenters. The van der Waals surface area contributed by atoms with Crippen molar-refractivity contribution < 1.29 is 47.7 Å². The van der Waals surface area contributed by atoms with Gasteiger partial charge in [-0.25, -0.2) is 0 Å². The number of anilines is 1. The molecule has 0 bridgehead atoms. The van der Waals surface area contributed by atoms with Crippen molar-refractivity contribution in [2.75, 3.05) is 77.8 Å². The summed E-state index contributed by atoms with van der Waals surface area (Å²) >= 11 is 0. The van der Waals surface area contributed by atoms with Gasteiger partial charge in [-0.15, -0.1) is 0 Å². The molecule has 3 N–H and O–H groups in total. The first-order valence-corrected chi connectivity index (χ1v) is 19.9. The van der Waals surface area contributed by atoms with Crippen LogP contribution in [0.25, 0.3) is 0 Å². The van der Waals surface area contributed by atoms with Crippen LogP contribution < -0.4 is 16.0 Å². The Morgan fingerprint density at radius 3 is 1.87 bits per heavy atom. The summed E-state index contributed by atoms with van der Waals surface area (Å²) in [6, 6.07) is 7.40. The average Bonchev–Trinajstić information content (AvgIpc) is 3.95. The summed E-state index contributed by atoms with van der Waals surface area (Å²) in [4.78, 5) is 75.0. The lowest BCUT2D eigenvalue weighted by molar-refractivity contribution is -0.140. The van der Waals surface area contributed by atoms with Crippen LogP contribution >= 0.6 is 0 Å². The van der Waals surface area contributed by atoms with Gasteiger partial charge in [0.15, 0.2) is 0 Å². The van der Waals surface area contributed by atoms with Crippen LogP contribution in [0, 0.1) is 17.8 Å². The van der Waals surface area contributed by atoms with Gasteiger partial charge in [0.1, 0.15) is 5.78 Å². The maximum atomic E-state index is 12.7. The van der Waals surface area contributed by atoms with Crippen molar-refractivity contribution in [2.45, 2.75) is 89.9 Å². The number of aryl methyl sites for hydroxylation is 1. The average molecular weight is 757 g/mol. The van der Waals surface area contributed by atoms with Gasteiger partial charge in [0, 0.05) is 56.9 Å². The third-order valence-electron chi connectivity index (χ3n) is 10.4. The molecule has 14 nitrogen and oxygen atoms in total. The van der Waals surface area contributed by atoms with Crippen LogP contribution in [0.1, 0.15) is 89.0 Å². The van der Waals surface area contributed by atoms with Crippen LogP contribution in [-0.4, -0.2) is 113 Å². The van der Waals surface area contributed by atoms with Gasteiger partial charge in [0.05, 0.1) is 65.2 Å². The van der Waals surface area contributed by atoms with E-state index < -0.39 is 0 Å². The minimum atomic E-state index is -0.219. The Kier molecular flexibility index (Phi) is 19.6. The van der Waals surface area contributed by atoms with Crippen molar-refractivity contribution in [3.8, 4) is 0 Å². The number of nitrogens with zero attached hydrogens (tertiary/aromatic N) is 1. The maximum absolute atomic E-state index is 12.7. The molecule has 1 aromatic carbocycles. The highest BCUT2D eigenvalue weighted by atomic mass is 16.6. The number of nitrogens with one attached hydrogen (secondary N) is 3. The Hall–Kier alpha value is -3.72. The molecule has 0 spiro atoms. The van der Waals surface area contributed by atoms with Gasteiger partial charge in [-0.2, -0.15) is 0 Å². The summed E-state index contributed by atoms with van der Waals surface area (Å²) in [6.45, 7) is 3.72. The molecule has 300 valence electrons. The fourth-order valence-electron chi connectivity index (χ4n) is 7.26. The first kappa shape index (κ1) is 43.0. The van der Waals surface area contributed by atoms with Crippen LogP contribution in [0.4, 0.5) is 5.69 Å². The first-order chi connectivity index (χ1) is 26.3. The predicted molar refractivity (Wildman–Crippen MR) is 200 cm³/mol. The quantitative estimate of drug-likeness (QED) is 0.0891. The molecule has 3 aliphatic rings. The van der Waals surface area contributed by atoms with Crippen LogP contribution in [0.2, 0.25) is 0 Å². The third kappa shape index (κ3) is 15.9. The van der Waals surface area contributed by atoms with E-state index in [1.54, 1.807) is 0 Å². The van der Waals surface area contributed by atoms with Crippen molar-refractivity contribution in [1.29, 1.82) is 0 Å². The molecule has 5 amide bonds. The smallest absolute Gasteiger partial charge is 0.233 e. The minimum Gasteiger partial charge on any atom is -0.379 e. The summed E-state index contributed by atoms with van der Waals surface area (Å²) < 4.78 is 21.9. The van der Waals surface area contributed by atoms with Crippen LogP contribution in [-0.2, 0) is 54.1 Å². The number of benzene rings is 1. The third-order valence-corrected chi connectivity index (χ3v) is 10.4. The first-order valence-electron chi connectivity index (χ1n) is 19.9. The second kappa shape index (κ2) is 24.6. The van der Waals surface area contributed by atoms with Gasteiger partial charge in [0.25, 0.3) is 0 Å². The van der Waals surface area contributed by atoms with E-state index in [1.165, 1.54) is 4.90 Å². The number of ether oxygens (including phenoxy) is 4. The maximum Gasteiger partial charge on any atom is 0.233 e. The number of rotatable bonds is 27. The molecule has 1 saturated heterocycles. The number of hydrogen-bond donors (Lipinski definition) is 3. The molecule has 2 aliphatic carbocycles. The normalized spacial score (nSPS) is 17.7. The van der Waals surface area contributed by atoms with Gasteiger partial charge in [-0.1, -0.05) is 37.8 Å². The number of carbonyl (C=O) groups excluding carboxylic acids is 6. The standard InChI is InChI=1S/C40H60N4O10/c45-35(32-7-3-4-8-32)15-18-41-36(46)14-11-30-9-12-33(13-10-30)43-38(48)17-21-51-23-25-53-27-28-54-26-24-52-22-19-42-37(47)16-20-44-39(49)29-34(40(44)50)31-5-1-2-6-31/h9-10,12-13,31-32,34H,1-8,11,14-29H2,(H,41,46)(H,42,47)(H,43,48). The largest absolute Gasteiger partial charge is 0.379 e. The highest BCUT2D eigenvalue weighted by Crippen LogP contribution is 2.37. The van der Waals surface area contributed by atoms with Crippen LogP contribution in [0.5, 0.6) is 0 Å². The fraction of sp³-hybridized carbons (Fsp3) is 0.700. The zero-order valence-electron chi connectivity index (χ0n) is 31.7. The molecule has 54 heavy (non-hydrogen) atoms. The molecule has 0 aromatic heterocycles. The number of carbonyl (C=O) groups is 6. The predicted octanol–water partition coefficient (Wildman–Crippen LogP) is 3.35. The van der Waals surface area contributed by atoms with E-state index in [-0.39, 0.29) is 79.6 Å². The zero-order chi connectivity index (χ0) is 38.4. The fourth-order valence-corrected chi connectivity index (χ4v) is 7.26. The molecule has 1 aliphatic heterocycles. The van der Waals surface area contributed by atoms with Crippen molar-refractivity contribution in [3.63, 3.8) is 0 Å². The summed E-state index contributed by atoms with van der Waals surface area (Å²) in [5.41, 5.74) is 1.66. The Labute approximate surface area is 319 Å². The zero-order valence-corrected chi connectivity index (χ0v) is 31.7. The molecule has 3 fully saturated rings. The van der Waals surface area contributed by atoms with Crippen molar-refractivity contribution >= 4 is 41.0 Å². The number of hydrogen-bond acceptors (Lipinski definition) is 10.